The van der Waals surface area contributed by atoms with Gasteiger partial charge in [0.2, 0.25) is 5.91 Å². The number of aliphatic carboxylic acids is 1. The van der Waals surface area contributed by atoms with E-state index in [1.807, 2.05) is 24.3 Å². The van der Waals surface area contributed by atoms with Gasteiger partial charge in [0, 0.05) is 18.0 Å². The van der Waals surface area contributed by atoms with Crippen LogP contribution in [0.5, 0.6) is 5.75 Å². The standard InChI is InChI=1S/C23H26N4O7/c1-27-18-6-4-3-5-16(18)22(26-27)25-23(31)15-7-8-19(32-2)17(13-15)24-20(28)9-10-33-11-12-34-14-21(29)30/h3-8,13H,9-12,14H2,1-2H3,(H,24,28)(H,29,30)(H,25,26,31). The normalized spacial score (nSPS) is 10.8. The average molecular weight is 470 g/mol. The van der Waals surface area contributed by atoms with E-state index in [0.717, 1.165) is 10.9 Å². The van der Waals surface area contributed by atoms with E-state index in [1.165, 1.54) is 13.2 Å². The second-order valence-electron chi connectivity index (χ2n) is 7.22. The van der Waals surface area contributed by atoms with E-state index in [-0.39, 0.29) is 38.1 Å². The number of benzene rings is 2. The van der Waals surface area contributed by atoms with Crippen molar-refractivity contribution in [2.24, 2.45) is 7.05 Å². The Morgan fingerprint density at radius 1 is 1.03 bits per heavy atom. The molecule has 0 saturated heterocycles. The number of rotatable bonds is 12. The fourth-order valence-electron chi connectivity index (χ4n) is 3.19. The van der Waals surface area contributed by atoms with Gasteiger partial charge in [0.15, 0.2) is 5.82 Å². The van der Waals surface area contributed by atoms with Gasteiger partial charge < -0.3 is 30.0 Å². The monoisotopic (exact) mass is 470 g/mol. The van der Waals surface area contributed by atoms with Crippen molar-refractivity contribution in [3.8, 4) is 5.75 Å². The number of aromatic nitrogens is 2. The molecule has 0 aliphatic carbocycles. The molecule has 0 unspecified atom stereocenters. The Bertz CT molecular complexity index is 1180. The quantitative estimate of drug-likeness (QED) is 0.343. The van der Waals surface area contributed by atoms with Gasteiger partial charge in [-0.2, -0.15) is 5.10 Å². The molecule has 0 aliphatic rings. The molecule has 0 spiro atoms. The summed E-state index contributed by atoms with van der Waals surface area (Å²) in [7, 11) is 3.26. The third-order valence-electron chi connectivity index (χ3n) is 4.80. The zero-order chi connectivity index (χ0) is 24.5. The van der Waals surface area contributed by atoms with Gasteiger partial charge in [0.1, 0.15) is 12.4 Å². The second kappa shape index (κ2) is 11.8. The Kier molecular flexibility index (Phi) is 8.54. The molecule has 0 saturated carbocycles. The van der Waals surface area contributed by atoms with Gasteiger partial charge in [-0.3, -0.25) is 14.3 Å². The molecule has 2 aromatic carbocycles. The highest BCUT2D eigenvalue weighted by molar-refractivity contribution is 6.09. The fourth-order valence-corrected chi connectivity index (χ4v) is 3.19. The molecule has 11 nitrogen and oxygen atoms in total. The SMILES string of the molecule is COc1ccc(C(=O)Nc2nn(C)c3ccccc23)cc1NC(=O)CCOCCOCC(=O)O. The van der Waals surface area contributed by atoms with Gasteiger partial charge in [-0.1, -0.05) is 12.1 Å². The first-order valence-electron chi connectivity index (χ1n) is 10.5. The van der Waals surface area contributed by atoms with E-state index in [2.05, 4.69) is 15.7 Å². The number of hydrogen-bond donors (Lipinski definition) is 3. The van der Waals surface area contributed by atoms with Crippen LogP contribution in [-0.2, 0) is 26.1 Å². The number of carboxylic acids is 1. The van der Waals surface area contributed by atoms with Crippen LogP contribution in [0.15, 0.2) is 42.5 Å². The fraction of sp³-hybridized carbons (Fsp3) is 0.304. The number of nitrogens with zero attached hydrogens (tertiary/aromatic N) is 2. The Labute approximate surface area is 195 Å². The lowest BCUT2D eigenvalue weighted by molar-refractivity contribution is -0.142. The van der Waals surface area contributed by atoms with E-state index < -0.39 is 12.6 Å². The van der Waals surface area contributed by atoms with Gasteiger partial charge in [-0.25, -0.2) is 4.79 Å². The minimum atomic E-state index is -1.06. The lowest BCUT2D eigenvalue weighted by Crippen LogP contribution is -2.17. The summed E-state index contributed by atoms with van der Waals surface area (Å²) < 4.78 is 17.1. The van der Waals surface area contributed by atoms with Gasteiger partial charge in [-0.05, 0) is 30.3 Å². The van der Waals surface area contributed by atoms with Gasteiger partial charge in [0.25, 0.3) is 5.91 Å². The van der Waals surface area contributed by atoms with Crippen LogP contribution in [0, 0.1) is 0 Å². The van der Waals surface area contributed by atoms with Crippen LogP contribution < -0.4 is 15.4 Å². The molecule has 1 heterocycles. The molecule has 3 N–H and O–H groups in total. The van der Waals surface area contributed by atoms with Crippen molar-refractivity contribution in [3.05, 3.63) is 48.0 Å². The van der Waals surface area contributed by atoms with Crippen molar-refractivity contribution in [3.63, 3.8) is 0 Å². The number of anilines is 2. The molecule has 180 valence electrons. The highest BCUT2D eigenvalue weighted by Crippen LogP contribution is 2.27. The van der Waals surface area contributed by atoms with Gasteiger partial charge in [0.05, 0.1) is 44.6 Å². The summed E-state index contributed by atoms with van der Waals surface area (Å²) in [5.74, 6) is -0.937. The highest BCUT2D eigenvalue weighted by Gasteiger charge is 2.16. The number of nitrogens with one attached hydrogen (secondary N) is 2. The molecule has 1 aromatic heterocycles. The van der Waals surface area contributed by atoms with Crippen molar-refractivity contribution >= 4 is 40.2 Å². The molecule has 0 fully saturated rings. The van der Waals surface area contributed by atoms with E-state index in [1.54, 1.807) is 23.9 Å². The van der Waals surface area contributed by atoms with Crippen LogP contribution in [0.1, 0.15) is 16.8 Å². The van der Waals surface area contributed by atoms with Crippen molar-refractivity contribution in [1.82, 2.24) is 9.78 Å². The van der Waals surface area contributed by atoms with E-state index in [4.69, 9.17) is 19.3 Å². The molecule has 0 atom stereocenters. The van der Waals surface area contributed by atoms with E-state index >= 15 is 0 Å². The molecule has 3 aromatic rings. The van der Waals surface area contributed by atoms with Gasteiger partial charge >= 0.3 is 5.97 Å². The zero-order valence-corrected chi connectivity index (χ0v) is 18.9. The van der Waals surface area contributed by atoms with Crippen molar-refractivity contribution in [2.75, 3.05) is 44.2 Å². The molecule has 34 heavy (non-hydrogen) atoms. The summed E-state index contributed by atoms with van der Waals surface area (Å²) in [6.07, 6.45) is 0.0540. The van der Waals surface area contributed by atoms with E-state index in [9.17, 15) is 14.4 Å². The molecule has 0 aliphatic heterocycles. The van der Waals surface area contributed by atoms with Crippen molar-refractivity contribution < 1.29 is 33.7 Å². The van der Waals surface area contributed by atoms with Crippen LogP contribution in [-0.4, -0.2) is 66.2 Å². The number of aryl methyl sites for hydroxylation is 1. The van der Waals surface area contributed by atoms with Crippen molar-refractivity contribution in [2.45, 2.75) is 6.42 Å². The summed E-state index contributed by atoms with van der Waals surface area (Å²) >= 11 is 0. The Morgan fingerprint density at radius 3 is 2.56 bits per heavy atom. The van der Waals surface area contributed by atoms with Gasteiger partial charge in [-0.15, -0.1) is 0 Å². The summed E-state index contributed by atoms with van der Waals surface area (Å²) in [5.41, 5.74) is 1.55. The predicted molar refractivity (Wildman–Crippen MR) is 124 cm³/mol. The average Bonchev–Trinajstić information content (AvgIpc) is 3.13. The van der Waals surface area contributed by atoms with Crippen LogP contribution in [0.2, 0.25) is 0 Å². The van der Waals surface area contributed by atoms with Crippen LogP contribution in [0.3, 0.4) is 0 Å². The highest BCUT2D eigenvalue weighted by atomic mass is 16.5. The lowest BCUT2D eigenvalue weighted by Gasteiger charge is -2.12. The number of methoxy groups -OCH3 is 1. The number of ether oxygens (including phenoxy) is 3. The number of carbonyl (C=O) groups is 3. The first-order chi connectivity index (χ1) is 16.4. The minimum Gasteiger partial charge on any atom is -0.495 e. The van der Waals surface area contributed by atoms with Crippen molar-refractivity contribution in [1.29, 1.82) is 0 Å². The van der Waals surface area contributed by atoms with Crippen LogP contribution >= 0.6 is 0 Å². The minimum absolute atomic E-state index is 0.0540. The number of carbonyl (C=O) groups excluding carboxylic acids is 2. The topological polar surface area (TPSA) is 141 Å². The molecule has 0 bridgehead atoms. The summed E-state index contributed by atoms with van der Waals surface area (Å²) in [6.45, 7) is 0.00776. The third kappa shape index (κ3) is 6.53. The summed E-state index contributed by atoms with van der Waals surface area (Å²) in [5, 5.41) is 19.2. The van der Waals surface area contributed by atoms with Crippen LogP contribution in [0.25, 0.3) is 10.9 Å². The predicted octanol–water partition coefficient (Wildman–Crippen LogP) is 2.28. The summed E-state index contributed by atoms with van der Waals surface area (Å²) in [6, 6.07) is 12.3. The first-order valence-corrected chi connectivity index (χ1v) is 10.5. The van der Waals surface area contributed by atoms with E-state index in [0.29, 0.717) is 22.8 Å². The molecular formula is C23H26N4O7. The first kappa shape index (κ1) is 24.7. The summed E-state index contributed by atoms with van der Waals surface area (Å²) in [4.78, 5) is 35.5. The number of fused-ring (bicyclic) bond motifs is 1. The maximum Gasteiger partial charge on any atom is 0.329 e. The number of hydrogen-bond acceptors (Lipinski definition) is 7. The maximum atomic E-state index is 12.9. The molecule has 11 heteroatoms. The number of carboxylic acid groups (broad SMARTS) is 1. The number of amides is 2. The van der Waals surface area contributed by atoms with Crippen LogP contribution in [0.4, 0.5) is 11.5 Å². The molecule has 0 radical (unpaired) electrons. The zero-order valence-electron chi connectivity index (χ0n) is 18.9. The Morgan fingerprint density at radius 2 is 1.79 bits per heavy atom. The largest absolute Gasteiger partial charge is 0.495 e. The molecule has 3 rings (SSSR count). The third-order valence-corrected chi connectivity index (χ3v) is 4.80. The number of para-hydroxylation sites is 1. The smallest absolute Gasteiger partial charge is 0.329 e. The maximum absolute atomic E-state index is 12.9. The molecule has 2 amide bonds. The lowest BCUT2D eigenvalue weighted by atomic mass is 10.1. The second-order valence-corrected chi connectivity index (χ2v) is 7.22. The Hall–Kier alpha value is -3.96. The Balaban J connectivity index is 1.58. The molecular weight excluding hydrogens is 444 g/mol.